The molecule has 1 atom stereocenters. The van der Waals surface area contributed by atoms with E-state index in [-0.39, 0.29) is 19.3 Å². The quantitative estimate of drug-likeness (QED) is 0.354. The molecular weight excluding hydrogens is 356 g/mol. The van der Waals surface area contributed by atoms with Crippen LogP contribution in [-0.2, 0) is 33.4 Å². The Hall–Kier alpha value is -1.96. The standard InChI is InChI=1S/C19H32O8/c1-5-8-15(21)25-11-19(18(24)14(4)20,12-26-16(22)9-6-2)13-27-17(23)10-7-3/h18,24H,5-13H2,1-4H3. The number of carbonyl (C=O) groups is 4. The summed E-state index contributed by atoms with van der Waals surface area (Å²) in [6.45, 7) is 5.34. The van der Waals surface area contributed by atoms with E-state index in [0.29, 0.717) is 19.3 Å². The Balaban J connectivity index is 5.45. The summed E-state index contributed by atoms with van der Waals surface area (Å²) in [4.78, 5) is 47.1. The van der Waals surface area contributed by atoms with E-state index in [2.05, 4.69) is 0 Å². The molecule has 0 aromatic rings. The van der Waals surface area contributed by atoms with Crippen LogP contribution in [0.1, 0.15) is 66.2 Å². The Morgan fingerprint density at radius 1 is 0.741 bits per heavy atom. The van der Waals surface area contributed by atoms with Crippen LogP contribution in [-0.4, -0.2) is 54.7 Å². The van der Waals surface area contributed by atoms with Crippen molar-refractivity contribution in [2.75, 3.05) is 19.8 Å². The lowest BCUT2D eigenvalue weighted by molar-refractivity contribution is -0.176. The molecule has 156 valence electrons. The summed E-state index contributed by atoms with van der Waals surface area (Å²) >= 11 is 0. The van der Waals surface area contributed by atoms with Crippen molar-refractivity contribution in [3.8, 4) is 0 Å². The van der Waals surface area contributed by atoms with Gasteiger partial charge in [-0.15, -0.1) is 0 Å². The molecule has 0 aromatic carbocycles. The number of esters is 3. The Kier molecular flexibility index (Phi) is 12.3. The minimum absolute atomic E-state index is 0.164. The first-order chi connectivity index (χ1) is 12.7. The van der Waals surface area contributed by atoms with Gasteiger partial charge in [0.2, 0.25) is 0 Å². The number of ether oxygens (including phenoxy) is 3. The molecule has 0 aliphatic rings. The first-order valence-electron chi connectivity index (χ1n) is 9.37. The zero-order valence-corrected chi connectivity index (χ0v) is 16.7. The van der Waals surface area contributed by atoms with Gasteiger partial charge in [-0.2, -0.15) is 0 Å². The van der Waals surface area contributed by atoms with Crippen molar-refractivity contribution < 1.29 is 38.5 Å². The molecule has 0 saturated heterocycles. The molecular formula is C19H32O8. The van der Waals surface area contributed by atoms with Crippen molar-refractivity contribution in [1.29, 1.82) is 0 Å². The lowest BCUT2D eigenvalue weighted by atomic mass is 9.82. The van der Waals surface area contributed by atoms with E-state index >= 15 is 0 Å². The van der Waals surface area contributed by atoms with Crippen LogP contribution < -0.4 is 0 Å². The predicted molar refractivity (Wildman–Crippen MR) is 96.7 cm³/mol. The molecule has 0 rings (SSSR count). The van der Waals surface area contributed by atoms with E-state index in [0.717, 1.165) is 6.92 Å². The van der Waals surface area contributed by atoms with Crippen LogP contribution in [0.5, 0.6) is 0 Å². The van der Waals surface area contributed by atoms with Gasteiger partial charge < -0.3 is 19.3 Å². The molecule has 0 saturated carbocycles. The second kappa shape index (κ2) is 13.2. The molecule has 8 heteroatoms. The Labute approximate surface area is 160 Å². The summed E-state index contributed by atoms with van der Waals surface area (Å²) in [5, 5.41) is 10.4. The Bertz CT molecular complexity index is 445. The molecule has 0 bridgehead atoms. The molecule has 0 aliphatic carbocycles. The van der Waals surface area contributed by atoms with Gasteiger partial charge in [-0.1, -0.05) is 20.8 Å². The Morgan fingerprint density at radius 3 is 1.26 bits per heavy atom. The van der Waals surface area contributed by atoms with E-state index in [1.807, 2.05) is 0 Å². The van der Waals surface area contributed by atoms with Crippen molar-refractivity contribution in [2.24, 2.45) is 5.41 Å². The lowest BCUT2D eigenvalue weighted by Gasteiger charge is -2.35. The number of aliphatic hydroxyl groups excluding tert-OH is 1. The van der Waals surface area contributed by atoms with Crippen molar-refractivity contribution in [3.05, 3.63) is 0 Å². The van der Waals surface area contributed by atoms with Crippen LogP contribution >= 0.6 is 0 Å². The maximum Gasteiger partial charge on any atom is 0.305 e. The summed E-state index contributed by atoms with van der Waals surface area (Å²) in [5.41, 5.74) is -1.55. The number of Topliss-reactive ketones (excluding diaryl/α,β-unsaturated/α-hetero) is 1. The summed E-state index contributed by atoms with van der Waals surface area (Å²) < 4.78 is 15.5. The maximum atomic E-state index is 11.8. The highest BCUT2D eigenvalue weighted by Crippen LogP contribution is 2.27. The van der Waals surface area contributed by atoms with Gasteiger partial charge in [-0.25, -0.2) is 0 Å². The summed E-state index contributed by atoms with van der Waals surface area (Å²) in [6.07, 6.45) is 0.566. The molecule has 8 nitrogen and oxygen atoms in total. The topological polar surface area (TPSA) is 116 Å². The maximum absolute atomic E-state index is 11.8. The predicted octanol–water partition coefficient (Wildman–Crippen LogP) is 1.95. The molecule has 1 unspecified atom stereocenters. The fraction of sp³-hybridized carbons (Fsp3) is 0.789. The van der Waals surface area contributed by atoms with E-state index in [9.17, 15) is 24.3 Å². The van der Waals surface area contributed by atoms with Crippen LogP contribution in [0, 0.1) is 5.41 Å². The van der Waals surface area contributed by atoms with Gasteiger partial charge in [-0.3, -0.25) is 19.2 Å². The van der Waals surface area contributed by atoms with E-state index in [4.69, 9.17) is 14.2 Å². The molecule has 0 fully saturated rings. The SMILES string of the molecule is CCCC(=O)OCC(COC(=O)CCC)(COC(=O)CCC)C(O)C(C)=O. The van der Waals surface area contributed by atoms with E-state index in [1.165, 1.54) is 0 Å². The number of hydrogen-bond donors (Lipinski definition) is 1. The zero-order chi connectivity index (χ0) is 20.9. The van der Waals surface area contributed by atoms with Gasteiger partial charge in [0.25, 0.3) is 0 Å². The van der Waals surface area contributed by atoms with Crippen molar-refractivity contribution in [3.63, 3.8) is 0 Å². The van der Waals surface area contributed by atoms with Gasteiger partial charge in [0, 0.05) is 19.3 Å². The fourth-order valence-corrected chi connectivity index (χ4v) is 2.29. The van der Waals surface area contributed by atoms with E-state index in [1.54, 1.807) is 20.8 Å². The highest BCUT2D eigenvalue weighted by atomic mass is 16.6. The second-order valence-corrected chi connectivity index (χ2v) is 6.61. The molecule has 0 radical (unpaired) electrons. The molecule has 27 heavy (non-hydrogen) atoms. The van der Waals surface area contributed by atoms with Gasteiger partial charge in [0.15, 0.2) is 5.78 Å². The normalized spacial score (nSPS) is 12.2. The average molecular weight is 388 g/mol. The molecule has 0 aromatic heterocycles. The third-order valence-electron chi connectivity index (χ3n) is 3.89. The number of carbonyl (C=O) groups excluding carboxylic acids is 4. The smallest absolute Gasteiger partial charge is 0.305 e. The summed E-state index contributed by atoms with van der Waals surface area (Å²) in [6, 6.07) is 0. The highest BCUT2D eigenvalue weighted by Gasteiger charge is 2.45. The van der Waals surface area contributed by atoms with E-state index < -0.39 is 55.0 Å². The first-order valence-corrected chi connectivity index (χ1v) is 9.37. The summed E-state index contributed by atoms with van der Waals surface area (Å²) in [5.74, 6) is -2.16. The second-order valence-electron chi connectivity index (χ2n) is 6.61. The molecule has 0 spiro atoms. The Morgan fingerprint density at radius 2 is 1.04 bits per heavy atom. The zero-order valence-electron chi connectivity index (χ0n) is 16.7. The molecule has 0 aliphatic heterocycles. The van der Waals surface area contributed by atoms with Crippen LogP contribution in [0.25, 0.3) is 0 Å². The highest BCUT2D eigenvalue weighted by molar-refractivity contribution is 5.81. The van der Waals surface area contributed by atoms with Crippen LogP contribution in [0.3, 0.4) is 0 Å². The largest absolute Gasteiger partial charge is 0.465 e. The molecule has 1 N–H and O–H groups in total. The minimum atomic E-state index is -1.63. The summed E-state index contributed by atoms with van der Waals surface area (Å²) in [7, 11) is 0. The molecule has 0 heterocycles. The minimum Gasteiger partial charge on any atom is -0.465 e. The molecule has 0 amide bonds. The van der Waals surface area contributed by atoms with Gasteiger partial charge >= 0.3 is 17.9 Å². The van der Waals surface area contributed by atoms with Crippen molar-refractivity contribution >= 4 is 23.7 Å². The first kappa shape index (κ1) is 25.0. The van der Waals surface area contributed by atoms with Crippen LogP contribution in [0.4, 0.5) is 0 Å². The van der Waals surface area contributed by atoms with Crippen molar-refractivity contribution in [2.45, 2.75) is 72.3 Å². The third kappa shape index (κ3) is 9.51. The monoisotopic (exact) mass is 388 g/mol. The van der Waals surface area contributed by atoms with Gasteiger partial charge in [-0.05, 0) is 26.2 Å². The fourth-order valence-electron chi connectivity index (χ4n) is 2.29. The number of ketones is 1. The third-order valence-corrected chi connectivity index (χ3v) is 3.89. The average Bonchev–Trinajstić information content (AvgIpc) is 2.61. The van der Waals surface area contributed by atoms with Crippen LogP contribution in [0.2, 0.25) is 0 Å². The number of rotatable bonds is 14. The van der Waals surface area contributed by atoms with Gasteiger partial charge in [0.05, 0.1) is 0 Å². The van der Waals surface area contributed by atoms with Gasteiger partial charge in [0.1, 0.15) is 31.3 Å². The van der Waals surface area contributed by atoms with Crippen LogP contribution in [0.15, 0.2) is 0 Å². The number of hydrogen-bond acceptors (Lipinski definition) is 8. The lowest BCUT2D eigenvalue weighted by Crippen LogP contribution is -2.51. The number of aliphatic hydroxyl groups is 1. The van der Waals surface area contributed by atoms with Crippen molar-refractivity contribution in [1.82, 2.24) is 0 Å².